The van der Waals surface area contributed by atoms with Crippen molar-refractivity contribution < 1.29 is 14.7 Å². The molecule has 140 valence electrons. The highest BCUT2D eigenvalue weighted by atomic mass is 32.1. The summed E-state index contributed by atoms with van der Waals surface area (Å²) in [6, 6.07) is 4.20. The second-order valence-electron chi connectivity index (χ2n) is 6.66. The van der Waals surface area contributed by atoms with Crippen molar-refractivity contribution in [2.45, 2.75) is 38.1 Å². The van der Waals surface area contributed by atoms with E-state index in [0.717, 1.165) is 37.0 Å². The summed E-state index contributed by atoms with van der Waals surface area (Å²) in [4.78, 5) is 39.5. The molecule has 1 fully saturated rings. The largest absolute Gasteiger partial charge is 0.545 e. The number of rotatable bonds is 3. The van der Waals surface area contributed by atoms with Gasteiger partial charge < -0.3 is 20.2 Å². The highest BCUT2D eigenvalue weighted by molar-refractivity contribution is 7.73. The van der Waals surface area contributed by atoms with Crippen LogP contribution in [-0.2, 0) is 0 Å². The Morgan fingerprint density at radius 2 is 2.00 bits per heavy atom. The number of carboxylic acids is 1. The van der Waals surface area contributed by atoms with Gasteiger partial charge in [0.15, 0.2) is 3.95 Å². The van der Waals surface area contributed by atoms with Crippen LogP contribution in [-0.4, -0.2) is 27.3 Å². The summed E-state index contributed by atoms with van der Waals surface area (Å²) in [5.74, 6) is -1.62. The molecule has 0 saturated heterocycles. The molecular formula is C18H16N3O4S2-. The van der Waals surface area contributed by atoms with E-state index in [1.807, 2.05) is 0 Å². The Morgan fingerprint density at radius 3 is 2.70 bits per heavy atom. The molecule has 1 amide bonds. The van der Waals surface area contributed by atoms with E-state index in [0.29, 0.717) is 19.7 Å². The average molecular weight is 402 g/mol. The maximum absolute atomic E-state index is 12.8. The number of benzene rings is 1. The first-order valence-electron chi connectivity index (χ1n) is 8.69. The van der Waals surface area contributed by atoms with Gasteiger partial charge in [-0.05, 0) is 42.8 Å². The molecule has 0 atom stereocenters. The number of hydrogen-bond donors (Lipinski definition) is 2. The van der Waals surface area contributed by atoms with Crippen molar-refractivity contribution >= 4 is 52.0 Å². The van der Waals surface area contributed by atoms with Gasteiger partial charge in [0, 0.05) is 6.04 Å². The van der Waals surface area contributed by atoms with Gasteiger partial charge in [-0.15, -0.1) is 0 Å². The number of carbonyl (C=O) groups excluding carboxylic acids is 2. The predicted octanol–water partition coefficient (Wildman–Crippen LogP) is 2.00. The summed E-state index contributed by atoms with van der Waals surface area (Å²) in [7, 11) is 0. The van der Waals surface area contributed by atoms with Crippen LogP contribution in [0.2, 0.25) is 0 Å². The summed E-state index contributed by atoms with van der Waals surface area (Å²) in [5, 5.41) is 14.5. The Balaban J connectivity index is 1.87. The molecule has 0 aliphatic heterocycles. The monoisotopic (exact) mass is 402 g/mol. The van der Waals surface area contributed by atoms with E-state index in [-0.39, 0.29) is 23.2 Å². The highest BCUT2D eigenvalue weighted by Crippen LogP contribution is 2.24. The Hall–Kier alpha value is -2.52. The van der Waals surface area contributed by atoms with Gasteiger partial charge >= 0.3 is 0 Å². The molecule has 1 aromatic carbocycles. The van der Waals surface area contributed by atoms with Crippen LogP contribution in [0.1, 0.15) is 52.1 Å². The second-order valence-corrected chi connectivity index (χ2v) is 8.31. The van der Waals surface area contributed by atoms with Gasteiger partial charge in [0.2, 0.25) is 0 Å². The Morgan fingerprint density at radius 1 is 1.26 bits per heavy atom. The summed E-state index contributed by atoms with van der Waals surface area (Å²) < 4.78 is 1.90. The van der Waals surface area contributed by atoms with Crippen molar-refractivity contribution in [2.75, 3.05) is 0 Å². The summed E-state index contributed by atoms with van der Waals surface area (Å²) in [5.41, 5.74) is 0.157. The maximum atomic E-state index is 12.8. The summed E-state index contributed by atoms with van der Waals surface area (Å²) in [6.45, 7) is 0. The van der Waals surface area contributed by atoms with Crippen LogP contribution >= 0.6 is 23.6 Å². The van der Waals surface area contributed by atoms with Gasteiger partial charge in [0.05, 0.1) is 16.9 Å². The number of aromatic carboxylic acids is 1. The van der Waals surface area contributed by atoms with Gasteiger partial charge in [0.1, 0.15) is 10.5 Å². The van der Waals surface area contributed by atoms with E-state index >= 15 is 0 Å². The van der Waals surface area contributed by atoms with Crippen molar-refractivity contribution in [2.24, 2.45) is 0 Å². The fourth-order valence-corrected chi connectivity index (χ4v) is 4.85. The Labute approximate surface area is 162 Å². The average Bonchev–Trinajstić information content (AvgIpc) is 2.99. The fourth-order valence-electron chi connectivity index (χ4n) is 3.57. The van der Waals surface area contributed by atoms with Crippen LogP contribution in [0.15, 0.2) is 23.0 Å². The number of aromatic nitrogens is 2. The van der Waals surface area contributed by atoms with Crippen LogP contribution in [0.5, 0.6) is 0 Å². The number of nitrogens with zero attached hydrogens (tertiary/aromatic N) is 1. The van der Waals surface area contributed by atoms with E-state index in [1.165, 1.54) is 24.6 Å². The molecule has 0 radical (unpaired) electrons. The lowest BCUT2D eigenvalue weighted by atomic mass is 9.95. The number of H-pyrrole nitrogens is 1. The number of aromatic amines is 1. The van der Waals surface area contributed by atoms with E-state index in [9.17, 15) is 19.5 Å². The van der Waals surface area contributed by atoms with Crippen molar-refractivity contribution in [1.82, 2.24) is 14.7 Å². The standard InChI is InChI=1S/C18H17N3O4S2/c22-15-11-7-6-9(17(24)25)8-12(11)21-14(20-15)13(27-18(21)26)16(23)19-10-4-2-1-3-5-10/h6-8,10H,1-5H2,(H,19,23)(H,20,22)(H,24,25)/p-1. The number of thiazole rings is 1. The molecule has 3 aromatic rings. The van der Waals surface area contributed by atoms with Crippen LogP contribution < -0.4 is 16.0 Å². The zero-order valence-electron chi connectivity index (χ0n) is 14.2. The molecule has 1 saturated carbocycles. The normalized spacial score (nSPS) is 15.3. The van der Waals surface area contributed by atoms with Crippen LogP contribution in [0.4, 0.5) is 0 Å². The van der Waals surface area contributed by atoms with Gasteiger partial charge in [-0.1, -0.05) is 36.7 Å². The third-order valence-electron chi connectivity index (χ3n) is 4.91. The van der Waals surface area contributed by atoms with Crippen molar-refractivity contribution in [3.8, 4) is 0 Å². The first-order valence-corrected chi connectivity index (χ1v) is 9.92. The van der Waals surface area contributed by atoms with Crippen molar-refractivity contribution in [1.29, 1.82) is 0 Å². The minimum absolute atomic E-state index is 0.0595. The number of carboxylic acid groups (broad SMARTS) is 1. The van der Waals surface area contributed by atoms with Crippen molar-refractivity contribution in [3.05, 3.63) is 42.9 Å². The fraction of sp³-hybridized carbons (Fsp3) is 0.333. The minimum Gasteiger partial charge on any atom is -0.545 e. The Kier molecular flexibility index (Phi) is 4.56. The molecule has 7 nitrogen and oxygen atoms in total. The van der Waals surface area contributed by atoms with Gasteiger partial charge in [-0.2, -0.15) is 0 Å². The molecule has 2 heterocycles. The van der Waals surface area contributed by atoms with Gasteiger partial charge in [-0.25, -0.2) is 0 Å². The number of amides is 1. The van der Waals surface area contributed by atoms with E-state index < -0.39 is 11.5 Å². The topological polar surface area (TPSA) is 106 Å². The van der Waals surface area contributed by atoms with Crippen LogP contribution in [0.25, 0.3) is 16.6 Å². The quantitative estimate of drug-likeness (QED) is 0.652. The third-order valence-corrected chi connectivity index (χ3v) is 6.28. The molecular weight excluding hydrogens is 386 g/mol. The second kappa shape index (κ2) is 6.90. The minimum atomic E-state index is -1.35. The lowest BCUT2D eigenvalue weighted by Gasteiger charge is -2.22. The summed E-state index contributed by atoms with van der Waals surface area (Å²) in [6.07, 6.45) is 5.24. The zero-order chi connectivity index (χ0) is 19.1. The van der Waals surface area contributed by atoms with Gasteiger partial charge in [-0.3, -0.25) is 14.0 Å². The molecule has 0 spiro atoms. The Bertz CT molecular complexity index is 1180. The molecule has 9 heteroatoms. The third kappa shape index (κ3) is 3.17. The first-order chi connectivity index (χ1) is 13.0. The van der Waals surface area contributed by atoms with E-state index in [4.69, 9.17) is 12.2 Å². The SMILES string of the molecule is O=C([O-])c1ccc2c(=O)[nH]c3c(C(=O)NC4CCCCC4)sc(=S)n3c2c1. The highest BCUT2D eigenvalue weighted by Gasteiger charge is 2.22. The number of hydrogen-bond acceptors (Lipinski definition) is 6. The van der Waals surface area contributed by atoms with Crippen molar-refractivity contribution in [3.63, 3.8) is 0 Å². The molecule has 0 bridgehead atoms. The predicted molar refractivity (Wildman–Crippen MR) is 103 cm³/mol. The lowest BCUT2D eigenvalue weighted by molar-refractivity contribution is -0.255. The van der Waals surface area contributed by atoms with E-state index in [1.54, 1.807) is 4.40 Å². The smallest absolute Gasteiger partial charge is 0.265 e. The molecule has 4 rings (SSSR count). The molecule has 1 aliphatic rings. The zero-order valence-corrected chi connectivity index (χ0v) is 15.9. The number of nitrogens with one attached hydrogen (secondary N) is 2. The maximum Gasteiger partial charge on any atom is 0.265 e. The summed E-state index contributed by atoms with van der Waals surface area (Å²) >= 11 is 6.49. The lowest BCUT2D eigenvalue weighted by Crippen LogP contribution is -2.36. The van der Waals surface area contributed by atoms with E-state index in [2.05, 4.69) is 10.3 Å². The van der Waals surface area contributed by atoms with Gasteiger partial charge in [0.25, 0.3) is 11.5 Å². The molecule has 1 aliphatic carbocycles. The molecule has 0 unspecified atom stereocenters. The van der Waals surface area contributed by atoms with Crippen LogP contribution in [0, 0.1) is 3.95 Å². The molecule has 2 N–H and O–H groups in total. The van der Waals surface area contributed by atoms with Crippen LogP contribution in [0.3, 0.4) is 0 Å². The number of carbonyl (C=O) groups is 2. The first kappa shape index (κ1) is 17.9. The molecule has 27 heavy (non-hydrogen) atoms. The molecule has 2 aromatic heterocycles. The number of fused-ring (bicyclic) bond motifs is 3.